The van der Waals surface area contributed by atoms with Crippen LogP contribution in [0, 0.1) is 10.1 Å². The number of amides is 3. The molecule has 0 N–H and O–H groups in total. The molecule has 3 heterocycles. The number of carbonyl (C=O) groups is 3. The molecule has 2 atom stereocenters. The highest BCUT2D eigenvalue weighted by Crippen LogP contribution is 2.51. The Kier molecular flexibility index (Phi) is 6.09. The van der Waals surface area contributed by atoms with Crippen LogP contribution in [-0.4, -0.2) is 40.4 Å². The highest BCUT2D eigenvalue weighted by atomic mass is 35.5. The first-order valence-electron chi connectivity index (χ1n) is 10.9. The molecule has 3 aromatic carbocycles. The number of hydrogen-bond acceptors (Lipinski definition) is 7. The van der Waals surface area contributed by atoms with Gasteiger partial charge in [0.2, 0.25) is 6.79 Å². The van der Waals surface area contributed by atoms with E-state index in [1.165, 1.54) is 12.1 Å². The molecule has 198 valence electrons. The third-order valence-electron chi connectivity index (χ3n) is 6.61. The molecule has 1 fully saturated rings. The summed E-state index contributed by atoms with van der Waals surface area (Å²) in [5.74, 6) is -1.83. The highest BCUT2D eigenvalue weighted by Gasteiger charge is 2.59. The monoisotopic (exact) mass is 627 g/mol. The number of nitrogens with zero attached hydrogens (tertiary/aromatic N) is 3. The second-order valence-electron chi connectivity index (χ2n) is 8.59. The molecular weight excluding hydrogens is 620 g/mol. The van der Waals surface area contributed by atoms with Crippen molar-refractivity contribution in [1.29, 1.82) is 0 Å². The zero-order valence-corrected chi connectivity index (χ0v) is 22.7. The molecule has 0 saturated carbocycles. The molecule has 0 aliphatic carbocycles. The van der Waals surface area contributed by atoms with Crippen LogP contribution in [0.2, 0.25) is 25.1 Å². The van der Waals surface area contributed by atoms with E-state index in [0.29, 0.717) is 22.0 Å². The fraction of sp³-hybridized carbons (Fsp3) is 0.125. The minimum Gasteiger partial charge on any atom is -0.454 e. The molecule has 0 radical (unpaired) electrons. The van der Waals surface area contributed by atoms with E-state index in [4.69, 9.17) is 67.5 Å². The number of nitro groups is 1. The Hall–Kier alpha value is -3.28. The summed E-state index contributed by atoms with van der Waals surface area (Å²) in [5, 5.41) is 10.9. The van der Waals surface area contributed by atoms with E-state index in [2.05, 4.69) is 0 Å². The SMILES string of the molecule is O=C1c2c(Cl)c(Cl)c(Cl)c(Cl)c2C(=O)N1[C@@H]1C(=O)N(c2ccc(Cl)cc2[N+](=O)[O-])[C@H]1c1ccc2c(c1)OCO2. The maximum absolute atomic E-state index is 13.7. The topological polar surface area (TPSA) is 119 Å². The number of imide groups is 1. The number of benzene rings is 3. The Balaban J connectivity index is 1.51. The maximum atomic E-state index is 13.7. The van der Waals surface area contributed by atoms with Gasteiger partial charge in [-0.05, 0) is 29.8 Å². The van der Waals surface area contributed by atoms with Gasteiger partial charge in [0.25, 0.3) is 23.4 Å². The Morgan fingerprint density at radius 3 is 2.00 bits per heavy atom. The lowest BCUT2D eigenvalue weighted by atomic mass is 9.86. The zero-order valence-electron chi connectivity index (χ0n) is 18.9. The summed E-state index contributed by atoms with van der Waals surface area (Å²) < 4.78 is 10.8. The van der Waals surface area contributed by atoms with Crippen molar-refractivity contribution in [3.63, 3.8) is 0 Å². The lowest BCUT2D eigenvalue weighted by molar-refractivity contribution is -0.384. The summed E-state index contributed by atoms with van der Waals surface area (Å²) in [7, 11) is 0. The summed E-state index contributed by atoms with van der Waals surface area (Å²) in [5.41, 5.74) is -0.736. The number of β-lactam (4-membered cyclic amide) rings is 1. The van der Waals surface area contributed by atoms with E-state index in [-0.39, 0.29) is 48.7 Å². The summed E-state index contributed by atoms with van der Waals surface area (Å²) in [6.07, 6.45) is 0. The van der Waals surface area contributed by atoms with Gasteiger partial charge in [-0.3, -0.25) is 34.3 Å². The lowest BCUT2D eigenvalue weighted by Crippen LogP contribution is -2.67. The number of fused-ring (bicyclic) bond motifs is 2. The van der Waals surface area contributed by atoms with Crippen molar-refractivity contribution in [3.8, 4) is 11.5 Å². The van der Waals surface area contributed by atoms with Crippen molar-refractivity contribution in [2.45, 2.75) is 12.1 Å². The highest BCUT2D eigenvalue weighted by molar-refractivity contribution is 6.55. The largest absolute Gasteiger partial charge is 0.454 e. The molecule has 1 saturated heterocycles. The minimum absolute atomic E-state index is 0.0326. The maximum Gasteiger partial charge on any atom is 0.294 e. The molecule has 15 heteroatoms. The van der Waals surface area contributed by atoms with Crippen molar-refractivity contribution in [1.82, 2.24) is 4.90 Å². The molecule has 0 aromatic heterocycles. The quantitative estimate of drug-likeness (QED) is 0.0825. The van der Waals surface area contributed by atoms with Gasteiger partial charge in [0.05, 0.1) is 42.2 Å². The number of ether oxygens (including phenoxy) is 2. The van der Waals surface area contributed by atoms with E-state index in [1.54, 1.807) is 18.2 Å². The second-order valence-corrected chi connectivity index (χ2v) is 10.5. The molecule has 0 unspecified atom stereocenters. The van der Waals surface area contributed by atoms with Gasteiger partial charge < -0.3 is 9.47 Å². The van der Waals surface area contributed by atoms with E-state index in [0.717, 1.165) is 11.0 Å². The van der Waals surface area contributed by atoms with Crippen LogP contribution in [-0.2, 0) is 4.79 Å². The summed E-state index contributed by atoms with van der Waals surface area (Å²) in [6.45, 7) is -0.0326. The molecule has 10 nitrogen and oxygen atoms in total. The summed E-state index contributed by atoms with van der Waals surface area (Å²) in [6, 6.07) is 6.03. The normalized spacial score (nSPS) is 19.5. The molecule has 6 rings (SSSR count). The molecule has 3 aromatic rings. The van der Waals surface area contributed by atoms with Gasteiger partial charge >= 0.3 is 0 Å². The predicted octanol–water partition coefficient (Wildman–Crippen LogP) is 6.34. The van der Waals surface area contributed by atoms with E-state index in [1.807, 2.05) is 0 Å². The molecule has 3 amide bonds. The number of hydrogen-bond donors (Lipinski definition) is 0. The van der Waals surface area contributed by atoms with Crippen LogP contribution in [0.25, 0.3) is 0 Å². The molecular formula is C24H10Cl5N3O7. The third-order valence-corrected chi connectivity index (χ3v) is 8.65. The first kappa shape index (κ1) is 26.0. The van der Waals surface area contributed by atoms with Gasteiger partial charge in [-0.15, -0.1) is 0 Å². The molecule has 39 heavy (non-hydrogen) atoms. The molecule has 3 aliphatic rings. The predicted molar refractivity (Wildman–Crippen MR) is 142 cm³/mol. The van der Waals surface area contributed by atoms with Crippen LogP contribution in [0.5, 0.6) is 11.5 Å². The van der Waals surface area contributed by atoms with Crippen LogP contribution < -0.4 is 14.4 Å². The summed E-state index contributed by atoms with van der Waals surface area (Å²) in [4.78, 5) is 53.8. The lowest BCUT2D eigenvalue weighted by Gasteiger charge is -2.49. The number of halogens is 5. The van der Waals surface area contributed by atoms with Crippen LogP contribution in [0.4, 0.5) is 11.4 Å². The van der Waals surface area contributed by atoms with Gasteiger partial charge in [0, 0.05) is 11.1 Å². The zero-order chi connectivity index (χ0) is 27.9. The van der Waals surface area contributed by atoms with Gasteiger partial charge in [0.1, 0.15) is 11.7 Å². The molecule has 3 aliphatic heterocycles. The number of nitro benzene ring substituents is 1. The van der Waals surface area contributed by atoms with Gasteiger partial charge in [0.15, 0.2) is 11.5 Å². The summed E-state index contributed by atoms with van der Waals surface area (Å²) >= 11 is 30.7. The average Bonchev–Trinajstić information content (AvgIpc) is 3.47. The van der Waals surface area contributed by atoms with Crippen molar-refractivity contribution in [3.05, 3.63) is 88.3 Å². The number of rotatable bonds is 4. The Labute approximate surface area is 243 Å². The fourth-order valence-corrected chi connectivity index (χ4v) is 6.07. The van der Waals surface area contributed by atoms with Crippen LogP contribution in [0.3, 0.4) is 0 Å². The van der Waals surface area contributed by atoms with Crippen LogP contribution in [0.1, 0.15) is 32.3 Å². The molecule has 0 bridgehead atoms. The fourth-order valence-electron chi connectivity index (χ4n) is 4.89. The average molecular weight is 630 g/mol. The van der Waals surface area contributed by atoms with Crippen molar-refractivity contribution in [2.75, 3.05) is 11.7 Å². The standard InChI is InChI=1S/C24H10Cl5N3O7/c25-9-2-3-10(11(6-9)32(36)37)30-20(8-1-4-12-13(5-8)39-7-38-12)21(24(30)35)31-22(33)14-15(23(31)34)17(27)19(29)18(28)16(14)26/h1-6,20-21H,7H2/t20-,21-/m0/s1. The Morgan fingerprint density at radius 2 is 1.38 bits per heavy atom. The van der Waals surface area contributed by atoms with Crippen molar-refractivity contribution in [2.24, 2.45) is 0 Å². The van der Waals surface area contributed by atoms with Crippen molar-refractivity contribution < 1.29 is 28.8 Å². The van der Waals surface area contributed by atoms with E-state index >= 15 is 0 Å². The van der Waals surface area contributed by atoms with Crippen molar-refractivity contribution >= 4 is 87.1 Å². The number of anilines is 1. The first-order valence-corrected chi connectivity index (χ1v) is 12.8. The first-order chi connectivity index (χ1) is 18.5. The third kappa shape index (κ3) is 3.66. The van der Waals surface area contributed by atoms with E-state index < -0.39 is 40.4 Å². The Bertz CT molecular complexity index is 1630. The second kappa shape index (κ2) is 9.14. The smallest absolute Gasteiger partial charge is 0.294 e. The molecule has 0 spiro atoms. The Morgan fingerprint density at radius 1 is 0.769 bits per heavy atom. The van der Waals surface area contributed by atoms with Gasteiger partial charge in [-0.1, -0.05) is 64.1 Å². The van der Waals surface area contributed by atoms with Crippen LogP contribution in [0.15, 0.2) is 36.4 Å². The number of carbonyl (C=O) groups excluding carboxylic acids is 3. The van der Waals surface area contributed by atoms with Crippen LogP contribution >= 0.6 is 58.0 Å². The van der Waals surface area contributed by atoms with Gasteiger partial charge in [-0.25, -0.2) is 0 Å². The minimum atomic E-state index is -1.43. The van der Waals surface area contributed by atoms with Gasteiger partial charge in [-0.2, -0.15) is 0 Å². The van der Waals surface area contributed by atoms with E-state index in [9.17, 15) is 24.5 Å².